The van der Waals surface area contributed by atoms with E-state index in [1.807, 2.05) is 6.07 Å². The van der Waals surface area contributed by atoms with E-state index in [4.69, 9.17) is 10.5 Å². The second kappa shape index (κ2) is 4.34. The van der Waals surface area contributed by atoms with Crippen LogP contribution in [0.5, 0.6) is 0 Å². The number of nitrogens with two attached hydrogens (primary N) is 1. The van der Waals surface area contributed by atoms with Crippen molar-refractivity contribution in [3.8, 4) is 0 Å². The lowest BCUT2D eigenvalue weighted by molar-refractivity contribution is 0.0463. The Morgan fingerprint density at radius 3 is 3.29 bits per heavy atom. The number of hydrogen-bond acceptors (Lipinski definition) is 5. The van der Waals surface area contributed by atoms with Crippen LogP contribution < -0.4 is 10.6 Å². The van der Waals surface area contributed by atoms with Crippen molar-refractivity contribution in [2.24, 2.45) is 5.73 Å². The van der Waals surface area contributed by atoms with Gasteiger partial charge in [-0.05, 0) is 6.07 Å². The lowest BCUT2D eigenvalue weighted by Crippen LogP contribution is -2.46. The highest BCUT2D eigenvalue weighted by Gasteiger charge is 2.19. The van der Waals surface area contributed by atoms with E-state index in [-0.39, 0.29) is 6.10 Å². The van der Waals surface area contributed by atoms with Crippen LogP contribution in [0, 0.1) is 0 Å². The minimum absolute atomic E-state index is 0.124. The molecular weight excluding hydrogens is 180 g/mol. The smallest absolute Gasteiger partial charge is 0.132 e. The molecule has 1 atom stereocenters. The number of morpholine rings is 1. The lowest BCUT2D eigenvalue weighted by atomic mass is 10.2. The fourth-order valence-corrected chi connectivity index (χ4v) is 1.54. The van der Waals surface area contributed by atoms with Gasteiger partial charge in [0.2, 0.25) is 0 Å². The molecule has 1 aliphatic heterocycles. The molecule has 1 fully saturated rings. The second-order valence-electron chi connectivity index (χ2n) is 3.24. The molecule has 1 aliphatic rings. The normalized spacial score (nSPS) is 22.4. The maximum Gasteiger partial charge on any atom is 0.132 e. The first-order valence-electron chi connectivity index (χ1n) is 4.73. The molecule has 0 aromatic carbocycles. The summed E-state index contributed by atoms with van der Waals surface area (Å²) in [5.74, 6) is 0.946. The van der Waals surface area contributed by atoms with Gasteiger partial charge in [-0.25, -0.2) is 9.97 Å². The van der Waals surface area contributed by atoms with Crippen LogP contribution in [0.1, 0.15) is 0 Å². The van der Waals surface area contributed by atoms with E-state index in [9.17, 15) is 0 Å². The van der Waals surface area contributed by atoms with Gasteiger partial charge in [-0.2, -0.15) is 0 Å². The number of ether oxygens (including phenoxy) is 1. The van der Waals surface area contributed by atoms with Crippen LogP contribution >= 0.6 is 0 Å². The van der Waals surface area contributed by atoms with Crippen LogP contribution in [0.3, 0.4) is 0 Å². The Labute approximate surface area is 82.9 Å². The van der Waals surface area contributed by atoms with Gasteiger partial charge in [0.05, 0.1) is 12.7 Å². The van der Waals surface area contributed by atoms with Crippen molar-refractivity contribution in [2.45, 2.75) is 6.10 Å². The Bertz CT molecular complexity index is 279. The predicted molar refractivity (Wildman–Crippen MR) is 53.0 cm³/mol. The van der Waals surface area contributed by atoms with Crippen molar-refractivity contribution >= 4 is 5.82 Å². The zero-order valence-electron chi connectivity index (χ0n) is 7.97. The fraction of sp³-hybridized carbons (Fsp3) is 0.556. The maximum absolute atomic E-state index is 5.56. The minimum atomic E-state index is 0.124. The molecule has 1 aromatic rings. The molecule has 0 amide bonds. The molecule has 2 heterocycles. The zero-order chi connectivity index (χ0) is 9.80. The summed E-state index contributed by atoms with van der Waals surface area (Å²) in [7, 11) is 0. The Hall–Kier alpha value is -1.20. The van der Waals surface area contributed by atoms with Crippen LogP contribution in [0.25, 0.3) is 0 Å². The molecule has 5 heteroatoms. The van der Waals surface area contributed by atoms with Crippen molar-refractivity contribution < 1.29 is 4.74 Å². The quantitative estimate of drug-likeness (QED) is 0.696. The third kappa shape index (κ3) is 2.00. The van der Waals surface area contributed by atoms with Gasteiger partial charge in [-0.1, -0.05) is 0 Å². The SMILES string of the molecule is NCC1CN(c2ccncn2)CCO1. The largest absolute Gasteiger partial charge is 0.373 e. The van der Waals surface area contributed by atoms with E-state index < -0.39 is 0 Å². The van der Waals surface area contributed by atoms with E-state index in [1.54, 1.807) is 12.5 Å². The summed E-state index contributed by atoms with van der Waals surface area (Å²) in [5.41, 5.74) is 5.56. The van der Waals surface area contributed by atoms with Gasteiger partial charge in [-0.15, -0.1) is 0 Å². The third-order valence-corrected chi connectivity index (χ3v) is 2.29. The fourth-order valence-electron chi connectivity index (χ4n) is 1.54. The van der Waals surface area contributed by atoms with Gasteiger partial charge in [0.25, 0.3) is 0 Å². The van der Waals surface area contributed by atoms with E-state index in [2.05, 4.69) is 14.9 Å². The van der Waals surface area contributed by atoms with E-state index in [0.29, 0.717) is 13.2 Å². The highest BCUT2D eigenvalue weighted by atomic mass is 16.5. The van der Waals surface area contributed by atoms with Crippen molar-refractivity contribution in [3.63, 3.8) is 0 Å². The first-order chi connectivity index (χ1) is 6.90. The van der Waals surface area contributed by atoms with Crippen molar-refractivity contribution in [3.05, 3.63) is 18.6 Å². The third-order valence-electron chi connectivity index (χ3n) is 2.29. The number of rotatable bonds is 2. The van der Waals surface area contributed by atoms with E-state index in [0.717, 1.165) is 18.9 Å². The van der Waals surface area contributed by atoms with Crippen molar-refractivity contribution in [1.29, 1.82) is 0 Å². The summed E-state index contributed by atoms with van der Waals surface area (Å²) in [5, 5.41) is 0. The average Bonchev–Trinajstić information content (AvgIpc) is 2.30. The summed E-state index contributed by atoms with van der Waals surface area (Å²) in [4.78, 5) is 10.2. The minimum Gasteiger partial charge on any atom is -0.373 e. The molecule has 2 N–H and O–H groups in total. The first-order valence-corrected chi connectivity index (χ1v) is 4.73. The van der Waals surface area contributed by atoms with Crippen LogP contribution in [0.15, 0.2) is 18.6 Å². The Kier molecular flexibility index (Phi) is 2.90. The van der Waals surface area contributed by atoms with Gasteiger partial charge in [0.1, 0.15) is 12.1 Å². The first kappa shape index (κ1) is 9.36. The molecule has 0 spiro atoms. The number of nitrogens with zero attached hydrogens (tertiary/aromatic N) is 3. The molecule has 0 radical (unpaired) electrons. The Morgan fingerprint density at radius 2 is 2.57 bits per heavy atom. The number of anilines is 1. The monoisotopic (exact) mass is 194 g/mol. The molecule has 76 valence electrons. The van der Waals surface area contributed by atoms with Gasteiger partial charge >= 0.3 is 0 Å². The topological polar surface area (TPSA) is 64.3 Å². The van der Waals surface area contributed by atoms with Crippen LogP contribution in [-0.2, 0) is 4.74 Å². The van der Waals surface area contributed by atoms with Gasteiger partial charge in [0, 0.05) is 25.8 Å². The molecular formula is C9H14N4O. The molecule has 1 saturated heterocycles. The van der Waals surface area contributed by atoms with Crippen molar-refractivity contribution in [2.75, 3.05) is 31.1 Å². The lowest BCUT2D eigenvalue weighted by Gasteiger charge is -2.32. The number of aromatic nitrogens is 2. The molecule has 2 rings (SSSR count). The van der Waals surface area contributed by atoms with Gasteiger partial charge in [-0.3, -0.25) is 0 Å². The van der Waals surface area contributed by atoms with E-state index in [1.165, 1.54) is 0 Å². The second-order valence-corrected chi connectivity index (χ2v) is 3.24. The molecule has 1 unspecified atom stereocenters. The van der Waals surface area contributed by atoms with Gasteiger partial charge in [0.15, 0.2) is 0 Å². The molecule has 0 saturated carbocycles. The number of hydrogen-bond donors (Lipinski definition) is 1. The summed E-state index contributed by atoms with van der Waals surface area (Å²) in [6.45, 7) is 2.95. The molecule has 14 heavy (non-hydrogen) atoms. The molecule has 1 aromatic heterocycles. The summed E-state index contributed by atoms with van der Waals surface area (Å²) < 4.78 is 5.47. The molecule has 0 bridgehead atoms. The summed E-state index contributed by atoms with van der Waals surface area (Å²) in [6.07, 6.45) is 3.43. The van der Waals surface area contributed by atoms with Gasteiger partial charge < -0.3 is 15.4 Å². The average molecular weight is 194 g/mol. The molecule has 5 nitrogen and oxygen atoms in total. The molecule has 0 aliphatic carbocycles. The highest BCUT2D eigenvalue weighted by molar-refractivity contribution is 5.36. The summed E-state index contributed by atoms with van der Waals surface area (Å²) in [6, 6.07) is 1.90. The standard InChI is InChI=1S/C9H14N4O/c10-5-8-6-13(3-4-14-8)9-1-2-11-7-12-9/h1-2,7-8H,3-6,10H2. The Morgan fingerprint density at radius 1 is 1.64 bits per heavy atom. The van der Waals surface area contributed by atoms with Crippen LogP contribution in [0.2, 0.25) is 0 Å². The predicted octanol–water partition coefficient (Wildman–Crippen LogP) is -0.360. The van der Waals surface area contributed by atoms with Crippen molar-refractivity contribution in [1.82, 2.24) is 9.97 Å². The zero-order valence-corrected chi connectivity index (χ0v) is 7.97. The van der Waals surface area contributed by atoms with Crippen LogP contribution in [-0.4, -0.2) is 42.3 Å². The summed E-state index contributed by atoms with van der Waals surface area (Å²) >= 11 is 0. The van der Waals surface area contributed by atoms with Crippen LogP contribution in [0.4, 0.5) is 5.82 Å². The highest BCUT2D eigenvalue weighted by Crippen LogP contribution is 2.12. The Balaban J connectivity index is 2.04. The van der Waals surface area contributed by atoms with E-state index >= 15 is 0 Å². The maximum atomic E-state index is 5.56.